The molecule has 0 saturated carbocycles. The second-order valence-electron chi connectivity index (χ2n) is 5.92. The minimum atomic E-state index is -0.448. The van der Waals surface area contributed by atoms with Crippen molar-refractivity contribution in [3.05, 3.63) is 88.2 Å². The number of nitrogens with zero attached hydrogens (tertiary/aromatic N) is 3. The van der Waals surface area contributed by atoms with E-state index in [2.05, 4.69) is 10.5 Å². The molecular formula is C20H18N4O4. The molecule has 0 radical (unpaired) electrons. The average molecular weight is 378 g/mol. The maximum Gasteiger partial charge on any atom is 0.277 e. The number of carbonyl (C=O) groups is 1. The molecule has 0 unspecified atom stereocenters. The summed E-state index contributed by atoms with van der Waals surface area (Å²) in [5.74, 6) is 0.265. The Morgan fingerprint density at radius 2 is 1.93 bits per heavy atom. The van der Waals surface area contributed by atoms with Gasteiger partial charge in [0.2, 0.25) is 0 Å². The Hall–Kier alpha value is -3.94. The largest absolute Gasteiger partial charge is 0.483 e. The van der Waals surface area contributed by atoms with Gasteiger partial charge < -0.3 is 9.30 Å². The summed E-state index contributed by atoms with van der Waals surface area (Å²) in [4.78, 5) is 22.2. The second kappa shape index (κ2) is 8.63. The molecule has 1 N–H and O–H groups in total. The molecule has 0 aliphatic rings. The standard InChI is InChI=1S/C20H18N4O4/c1-15-5-2-3-7-19(15)28-14-20(25)22-21-13-18-6-4-12-23(18)16-8-10-17(11-9-16)24(26)27/h2-13H,14H2,1H3,(H,22,25)/b21-13-. The van der Waals surface area contributed by atoms with Crippen molar-refractivity contribution >= 4 is 17.8 Å². The van der Waals surface area contributed by atoms with Crippen LogP contribution in [0.5, 0.6) is 5.75 Å². The van der Waals surface area contributed by atoms with Gasteiger partial charge in [0.25, 0.3) is 11.6 Å². The zero-order valence-electron chi connectivity index (χ0n) is 15.1. The molecule has 1 aromatic heterocycles. The van der Waals surface area contributed by atoms with Crippen molar-refractivity contribution in [2.75, 3.05) is 6.61 Å². The van der Waals surface area contributed by atoms with Crippen molar-refractivity contribution in [3.8, 4) is 11.4 Å². The number of carbonyl (C=O) groups excluding carboxylic acids is 1. The number of para-hydroxylation sites is 1. The lowest BCUT2D eigenvalue weighted by atomic mass is 10.2. The molecule has 0 spiro atoms. The molecule has 1 heterocycles. The number of amides is 1. The summed E-state index contributed by atoms with van der Waals surface area (Å²) in [7, 11) is 0. The van der Waals surface area contributed by atoms with E-state index in [0.29, 0.717) is 11.4 Å². The highest BCUT2D eigenvalue weighted by Gasteiger charge is 2.07. The first kappa shape index (κ1) is 18.8. The van der Waals surface area contributed by atoms with Gasteiger partial charge >= 0.3 is 0 Å². The fourth-order valence-electron chi connectivity index (χ4n) is 2.53. The SMILES string of the molecule is Cc1ccccc1OCC(=O)N/N=C\c1cccn1-c1ccc([N+](=O)[O-])cc1. The van der Waals surface area contributed by atoms with Gasteiger partial charge in [0.15, 0.2) is 6.61 Å². The number of rotatable bonds is 7. The van der Waals surface area contributed by atoms with Crippen molar-refractivity contribution < 1.29 is 14.5 Å². The molecule has 0 fully saturated rings. The van der Waals surface area contributed by atoms with Gasteiger partial charge in [-0.15, -0.1) is 0 Å². The molecule has 0 bridgehead atoms. The van der Waals surface area contributed by atoms with Crippen molar-refractivity contribution in [2.45, 2.75) is 6.92 Å². The Balaban J connectivity index is 1.59. The Kier molecular flexibility index (Phi) is 5.81. The number of hydrogen-bond donors (Lipinski definition) is 1. The van der Waals surface area contributed by atoms with Gasteiger partial charge in [-0.25, -0.2) is 5.43 Å². The van der Waals surface area contributed by atoms with Crippen LogP contribution in [0, 0.1) is 17.0 Å². The van der Waals surface area contributed by atoms with E-state index in [4.69, 9.17) is 4.74 Å². The highest BCUT2D eigenvalue weighted by molar-refractivity contribution is 5.82. The summed E-state index contributed by atoms with van der Waals surface area (Å²) >= 11 is 0. The van der Waals surface area contributed by atoms with E-state index in [-0.39, 0.29) is 18.2 Å². The van der Waals surface area contributed by atoms with Crippen LogP contribution < -0.4 is 10.2 Å². The van der Waals surface area contributed by atoms with Crippen molar-refractivity contribution in [3.63, 3.8) is 0 Å². The molecular weight excluding hydrogens is 360 g/mol. The van der Waals surface area contributed by atoms with Crippen molar-refractivity contribution in [1.82, 2.24) is 9.99 Å². The minimum absolute atomic E-state index is 0.0204. The molecule has 28 heavy (non-hydrogen) atoms. The van der Waals surface area contributed by atoms with E-state index >= 15 is 0 Å². The Morgan fingerprint density at radius 3 is 2.64 bits per heavy atom. The zero-order chi connectivity index (χ0) is 19.9. The van der Waals surface area contributed by atoms with Crippen LogP contribution in [0.1, 0.15) is 11.3 Å². The Labute approximate surface area is 161 Å². The third-order valence-corrected chi connectivity index (χ3v) is 3.96. The van der Waals surface area contributed by atoms with E-state index in [1.807, 2.05) is 31.2 Å². The lowest BCUT2D eigenvalue weighted by Gasteiger charge is -2.08. The van der Waals surface area contributed by atoms with Gasteiger partial charge in [-0.2, -0.15) is 5.10 Å². The molecule has 142 valence electrons. The topological polar surface area (TPSA) is 98.8 Å². The summed E-state index contributed by atoms with van der Waals surface area (Å²) < 4.78 is 7.26. The van der Waals surface area contributed by atoms with Crippen molar-refractivity contribution in [2.24, 2.45) is 5.10 Å². The summed E-state index contributed by atoms with van der Waals surface area (Å²) in [6.45, 7) is 1.75. The first-order valence-electron chi connectivity index (χ1n) is 8.47. The smallest absolute Gasteiger partial charge is 0.277 e. The number of non-ortho nitro benzene ring substituents is 1. The third kappa shape index (κ3) is 4.61. The van der Waals surface area contributed by atoms with Crippen LogP contribution in [-0.2, 0) is 4.79 Å². The molecule has 8 heteroatoms. The monoisotopic (exact) mass is 378 g/mol. The molecule has 0 saturated heterocycles. The van der Waals surface area contributed by atoms with Crippen LogP contribution in [0.25, 0.3) is 5.69 Å². The number of nitrogens with one attached hydrogen (secondary N) is 1. The van der Waals surface area contributed by atoms with Crippen LogP contribution in [0.15, 0.2) is 72.0 Å². The first-order valence-corrected chi connectivity index (χ1v) is 8.47. The quantitative estimate of drug-likeness (QED) is 0.388. The minimum Gasteiger partial charge on any atom is -0.483 e. The summed E-state index contributed by atoms with van der Waals surface area (Å²) in [5, 5.41) is 14.7. The fourth-order valence-corrected chi connectivity index (χ4v) is 2.53. The number of ether oxygens (including phenoxy) is 1. The van der Waals surface area contributed by atoms with Gasteiger partial charge in [0.1, 0.15) is 5.75 Å². The molecule has 2 aromatic carbocycles. The van der Waals surface area contributed by atoms with Gasteiger partial charge in [-0.3, -0.25) is 14.9 Å². The second-order valence-corrected chi connectivity index (χ2v) is 5.92. The molecule has 0 atom stereocenters. The van der Waals surface area contributed by atoms with E-state index in [1.54, 1.807) is 35.0 Å². The molecule has 3 rings (SSSR count). The predicted octanol–water partition coefficient (Wildman–Crippen LogP) is 3.22. The number of hydrazone groups is 1. The molecule has 0 aliphatic heterocycles. The number of aryl methyl sites for hydroxylation is 1. The number of benzene rings is 2. The maximum absolute atomic E-state index is 11.9. The van der Waals surface area contributed by atoms with Crippen LogP contribution in [0.2, 0.25) is 0 Å². The summed E-state index contributed by atoms with van der Waals surface area (Å²) in [5.41, 5.74) is 4.83. The van der Waals surface area contributed by atoms with Crippen LogP contribution in [0.3, 0.4) is 0 Å². The average Bonchev–Trinajstić information content (AvgIpc) is 3.16. The highest BCUT2D eigenvalue weighted by Crippen LogP contribution is 2.17. The maximum atomic E-state index is 11.9. The number of nitro groups is 1. The Bertz CT molecular complexity index is 1010. The van der Waals surface area contributed by atoms with Gasteiger partial charge in [0, 0.05) is 24.0 Å². The number of hydrogen-bond acceptors (Lipinski definition) is 5. The predicted molar refractivity (Wildman–Crippen MR) is 105 cm³/mol. The van der Waals surface area contributed by atoms with E-state index in [9.17, 15) is 14.9 Å². The van der Waals surface area contributed by atoms with Gasteiger partial charge in [-0.05, 0) is 42.8 Å². The van der Waals surface area contributed by atoms with Gasteiger partial charge in [0.05, 0.1) is 16.8 Å². The van der Waals surface area contributed by atoms with Gasteiger partial charge in [-0.1, -0.05) is 18.2 Å². The van der Waals surface area contributed by atoms with Crippen molar-refractivity contribution in [1.29, 1.82) is 0 Å². The highest BCUT2D eigenvalue weighted by atomic mass is 16.6. The third-order valence-electron chi connectivity index (χ3n) is 3.96. The van der Waals surface area contributed by atoms with Crippen LogP contribution in [0.4, 0.5) is 5.69 Å². The normalized spacial score (nSPS) is 10.8. The molecule has 1 amide bonds. The van der Waals surface area contributed by atoms with E-state index < -0.39 is 4.92 Å². The Morgan fingerprint density at radius 1 is 1.18 bits per heavy atom. The zero-order valence-corrected chi connectivity index (χ0v) is 15.1. The molecule has 3 aromatic rings. The van der Waals surface area contributed by atoms with E-state index in [0.717, 1.165) is 11.3 Å². The molecule has 0 aliphatic carbocycles. The number of aromatic nitrogens is 1. The lowest BCUT2D eigenvalue weighted by molar-refractivity contribution is -0.384. The van der Waals surface area contributed by atoms with Crippen LogP contribution in [-0.4, -0.2) is 28.2 Å². The van der Waals surface area contributed by atoms with Crippen LogP contribution >= 0.6 is 0 Å². The fraction of sp³-hybridized carbons (Fsp3) is 0.100. The first-order chi connectivity index (χ1) is 13.5. The number of nitro benzene ring substituents is 1. The lowest BCUT2D eigenvalue weighted by Crippen LogP contribution is -2.24. The summed E-state index contributed by atoms with van der Waals surface area (Å²) in [6.07, 6.45) is 3.29. The van der Waals surface area contributed by atoms with E-state index in [1.165, 1.54) is 18.3 Å². The molecule has 8 nitrogen and oxygen atoms in total. The summed E-state index contributed by atoms with van der Waals surface area (Å²) in [6, 6.07) is 17.2.